The van der Waals surface area contributed by atoms with Crippen LogP contribution in [0.1, 0.15) is 49.0 Å². The van der Waals surface area contributed by atoms with E-state index in [0.717, 1.165) is 36.6 Å². The molecule has 0 spiro atoms. The smallest absolute Gasteiger partial charge is 0.145 e. The number of aromatic nitrogens is 4. The Labute approximate surface area is 198 Å². The van der Waals surface area contributed by atoms with Crippen molar-refractivity contribution >= 4 is 27.8 Å². The summed E-state index contributed by atoms with van der Waals surface area (Å²) in [5, 5.41) is 23.6. The molecule has 0 saturated heterocycles. The van der Waals surface area contributed by atoms with Crippen molar-refractivity contribution in [2.24, 2.45) is 11.8 Å². The molecule has 3 heterocycles. The minimum absolute atomic E-state index is 0.00433. The van der Waals surface area contributed by atoms with E-state index in [0.29, 0.717) is 23.8 Å². The third kappa shape index (κ3) is 3.63. The van der Waals surface area contributed by atoms with Gasteiger partial charge in [0.2, 0.25) is 0 Å². The lowest BCUT2D eigenvalue weighted by Crippen LogP contribution is -2.29. The van der Waals surface area contributed by atoms with Gasteiger partial charge in [-0.3, -0.25) is 4.98 Å². The van der Waals surface area contributed by atoms with Crippen molar-refractivity contribution in [2.75, 3.05) is 5.73 Å². The normalized spacial score (nSPS) is 26.9. The number of nitrogens with zero attached hydrogens (tertiary/aromatic N) is 4. The lowest BCUT2D eigenvalue weighted by atomic mass is 9.87. The first-order chi connectivity index (χ1) is 16.5. The number of nitrogens with two attached hydrogens (primary N) is 1. The summed E-state index contributed by atoms with van der Waals surface area (Å²) in [5.74, 6) is 1.13. The van der Waals surface area contributed by atoms with Crippen LogP contribution in [0.15, 0.2) is 42.9 Å². The number of nitrogen functional groups attached to an aromatic ring is 1. The molecule has 4 aromatic rings. The Balaban J connectivity index is 1.19. The van der Waals surface area contributed by atoms with Crippen LogP contribution in [0.2, 0.25) is 0 Å². The van der Waals surface area contributed by atoms with Crippen LogP contribution in [0, 0.1) is 11.8 Å². The standard InChI is InChI=1S/C27H31N5O2/c1-15-2-5-17-12-18-6-3-16(11-22(18)31-21(17)10-15)4-7-19-13-23(25(34)24(19)33)32-9-8-20-26(28)29-14-30-27(20)32/h3,6,8-9,11-12,14-15,19,23-25,33-34H,2,4-5,7,10,13H2,1H3,(H2,28,29,30)/t15-,19-,23+,24+,25-/m0/s1. The Morgan fingerprint density at radius 2 is 2.00 bits per heavy atom. The second-order valence-electron chi connectivity index (χ2n) is 10.3. The van der Waals surface area contributed by atoms with Crippen LogP contribution in [-0.4, -0.2) is 41.9 Å². The van der Waals surface area contributed by atoms with E-state index < -0.39 is 12.2 Å². The number of fused-ring (bicyclic) bond motifs is 3. The first-order valence-corrected chi connectivity index (χ1v) is 12.3. The molecule has 0 amide bonds. The highest BCUT2D eigenvalue weighted by atomic mass is 16.3. The summed E-state index contributed by atoms with van der Waals surface area (Å²) in [6, 6.07) is 10.5. The van der Waals surface area contributed by atoms with Gasteiger partial charge >= 0.3 is 0 Å². The summed E-state index contributed by atoms with van der Waals surface area (Å²) >= 11 is 0. The number of hydrogen-bond donors (Lipinski definition) is 3. The maximum Gasteiger partial charge on any atom is 0.145 e. The fourth-order valence-corrected chi connectivity index (χ4v) is 5.95. The zero-order chi connectivity index (χ0) is 23.4. The second-order valence-corrected chi connectivity index (χ2v) is 10.3. The van der Waals surface area contributed by atoms with Crippen molar-refractivity contribution < 1.29 is 10.2 Å². The molecule has 1 aromatic carbocycles. The Hall–Kier alpha value is -3.03. The zero-order valence-corrected chi connectivity index (χ0v) is 19.4. The van der Waals surface area contributed by atoms with E-state index in [1.165, 1.54) is 35.0 Å². The van der Waals surface area contributed by atoms with Gasteiger partial charge < -0.3 is 20.5 Å². The summed E-state index contributed by atoms with van der Waals surface area (Å²) in [4.78, 5) is 13.4. The Kier molecular flexibility index (Phi) is 5.26. The van der Waals surface area contributed by atoms with Crippen LogP contribution >= 0.6 is 0 Å². The quantitative estimate of drug-likeness (QED) is 0.432. The predicted molar refractivity (Wildman–Crippen MR) is 132 cm³/mol. The Bertz CT molecular complexity index is 1370. The number of aliphatic hydroxyl groups excluding tert-OH is 2. The third-order valence-electron chi connectivity index (χ3n) is 7.97. The molecule has 34 heavy (non-hydrogen) atoms. The number of benzene rings is 1. The van der Waals surface area contributed by atoms with Crippen LogP contribution in [0.4, 0.5) is 5.82 Å². The van der Waals surface area contributed by atoms with E-state index >= 15 is 0 Å². The first kappa shape index (κ1) is 21.5. The molecular formula is C27H31N5O2. The van der Waals surface area contributed by atoms with E-state index in [1.807, 2.05) is 16.8 Å². The summed E-state index contributed by atoms with van der Waals surface area (Å²) in [5.41, 5.74) is 11.6. The lowest BCUT2D eigenvalue weighted by Gasteiger charge is -2.21. The van der Waals surface area contributed by atoms with Crippen molar-refractivity contribution in [1.29, 1.82) is 0 Å². The first-order valence-electron chi connectivity index (χ1n) is 12.3. The highest BCUT2D eigenvalue weighted by Crippen LogP contribution is 2.39. The molecule has 0 unspecified atom stereocenters. The average Bonchev–Trinajstić information content (AvgIpc) is 3.38. The van der Waals surface area contributed by atoms with E-state index in [9.17, 15) is 10.2 Å². The van der Waals surface area contributed by atoms with Gasteiger partial charge in [-0.15, -0.1) is 0 Å². The van der Waals surface area contributed by atoms with Crippen LogP contribution in [-0.2, 0) is 19.3 Å². The van der Waals surface area contributed by atoms with Gasteiger partial charge in [0.25, 0.3) is 0 Å². The number of rotatable bonds is 4. The monoisotopic (exact) mass is 457 g/mol. The topological polar surface area (TPSA) is 110 Å². The van der Waals surface area contributed by atoms with Gasteiger partial charge in [-0.25, -0.2) is 9.97 Å². The lowest BCUT2D eigenvalue weighted by molar-refractivity contribution is 0.00545. The molecule has 1 saturated carbocycles. The van der Waals surface area contributed by atoms with Crippen molar-refractivity contribution in [3.63, 3.8) is 0 Å². The predicted octanol–water partition coefficient (Wildman–Crippen LogP) is 3.60. The molecule has 0 radical (unpaired) electrons. The fraction of sp³-hybridized carbons (Fsp3) is 0.444. The number of aliphatic hydroxyl groups is 2. The van der Waals surface area contributed by atoms with Crippen molar-refractivity contribution in [1.82, 2.24) is 19.5 Å². The summed E-state index contributed by atoms with van der Waals surface area (Å²) < 4.78 is 1.94. The van der Waals surface area contributed by atoms with Gasteiger partial charge in [0.1, 0.15) is 23.9 Å². The molecule has 0 aliphatic heterocycles. The zero-order valence-electron chi connectivity index (χ0n) is 19.4. The van der Waals surface area contributed by atoms with Gasteiger partial charge in [0, 0.05) is 17.3 Å². The van der Waals surface area contributed by atoms with Crippen molar-refractivity contribution in [2.45, 2.75) is 63.7 Å². The highest BCUT2D eigenvalue weighted by Gasteiger charge is 2.42. The van der Waals surface area contributed by atoms with Gasteiger partial charge in [-0.2, -0.15) is 0 Å². The van der Waals surface area contributed by atoms with Gasteiger partial charge in [-0.05, 0) is 79.7 Å². The average molecular weight is 458 g/mol. The number of hydrogen-bond acceptors (Lipinski definition) is 6. The molecule has 4 N–H and O–H groups in total. The highest BCUT2D eigenvalue weighted by molar-refractivity contribution is 5.86. The third-order valence-corrected chi connectivity index (χ3v) is 7.97. The molecule has 176 valence electrons. The second kappa shape index (κ2) is 8.32. The van der Waals surface area contributed by atoms with E-state index in [-0.39, 0.29) is 12.0 Å². The van der Waals surface area contributed by atoms with Gasteiger partial charge in [0.15, 0.2) is 0 Å². The fourth-order valence-electron chi connectivity index (χ4n) is 5.95. The molecule has 3 aromatic heterocycles. The van der Waals surface area contributed by atoms with Crippen molar-refractivity contribution in [3.05, 3.63) is 59.7 Å². The van der Waals surface area contributed by atoms with E-state index in [4.69, 9.17) is 10.7 Å². The van der Waals surface area contributed by atoms with Gasteiger partial charge in [-0.1, -0.05) is 19.1 Å². The van der Waals surface area contributed by atoms with Crippen LogP contribution in [0.25, 0.3) is 21.9 Å². The molecule has 0 bridgehead atoms. The largest absolute Gasteiger partial charge is 0.390 e. The molecule has 1 fully saturated rings. The summed E-state index contributed by atoms with van der Waals surface area (Å²) in [6.07, 6.45) is 7.47. The molecule has 2 aliphatic rings. The molecular weight excluding hydrogens is 426 g/mol. The van der Waals surface area contributed by atoms with Crippen molar-refractivity contribution in [3.8, 4) is 0 Å². The van der Waals surface area contributed by atoms with Crippen LogP contribution in [0.3, 0.4) is 0 Å². The number of aryl methyl sites for hydroxylation is 2. The summed E-state index contributed by atoms with van der Waals surface area (Å²) in [7, 11) is 0. The Morgan fingerprint density at radius 3 is 2.88 bits per heavy atom. The summed E-state index contributed by atoms with van der Waals surface area (Å²) in [6.45, 7) is 2.30. The molecule has 2 aliphatic carbocycles. The molecule has 7 nitrogen and oxygen atoms in total. The number of pyridine rings is 1. The van der Waals surface area contributed by atoms with Crippen LogP contribution in [0.5, 0.6) is 0 Å². The molecule has 5 atom stereocenters. The minimum atomic E-state index is -0.844. The van der Waals surface area contributed by atoms with E-state index in [1.54, 1.807) is 0 Å². The van der Waals surface area contributed by atoms with Gasteiger partial charge in [0.05, 0.1) is 23.0 Å². The maximum absolute atomic E-state index is 10.8. The maximum atomic E-state index is 10.8. The SMILES string of the molecule is C[C@H]1CCc2cc3ccc(CC[C@H]4C[C@@H](n5ccc6c(N)ncnc65)[C@H](O)[C@@H]4O)cc3nc2C1. The minimum Gasteiger partial charge on any atom is -0.390 e. The molecule has 6 rings (SSSR count). The van der Waals surface area contributed by atoms with Crippen LogP contribution < -0.4 is 5.73 Å². The van der Waals surface area contributed by atoms with E-state index in [2.05, 4.69) is 41.2 Å². The Morgan fingerprint density at radius 1 is 1.12 bits per heavy atom. The number of anilines is 1. The molecule has 7 heteroatoms.